The third kappa shape index (κ3) is 2.73. The van der Waals surface area contributed by atoms with Gasteiger partial charge >= 0.3 is 0 Å². The molecular formula is C15H22FN3. The van der Waals surface area contributed by atoms with Crippen LogP contribution in [-0.4, -0.2) is 23.6 Å². The first-order valence-corrected chi connectivity index (χ1v) is 7.28. The fraction of sp³-hybridized carbons (Fsp3) is 0.667. The Hall–Kier alpha value is -1.16. The second-order valence-electron chi connectivity index (χ2n) is 6.11. The van der Waals surface area contributed by atoms with Gasteiger partial charge in [-0.25, -0.2) is 9.37 Å². The quantitative estimate of drug-likeness (QED) is 0.905. The number of halogens is 1. The Kier molecular flexibility index (Phi) is 3.44. The minimum atomic E-state index is -0.142. The van der Waals surface area contributed by atoms with Gasteiger partial charge in [-0.1, -0.05) is 6.92 Å². The molecule has 1 saturated carbocycles. The Labute approximate surface area is 114 Å². The van der Waals surface area contributed by atoms with E-state index in [1.165, 1.54) is 12.8 Å². The molecule has 1 aromatic rings. The van der Waals surface area contributed by atoms with Gasteiger partial charge in [0.2, 0.25) is 0 Å². The molecule has 2 heterocycles. The minimum Gasteiger partial charge on any atom is -0.351 e. The minimum absolute atomic E-state index is 0.142. The van der Waals surface area contributed by atoms with Crippen molar-refractivity contribution in [3.8, 4) is 0 Å². The van der Waals surface area contributed by atoms with Crippen molar-refractivity contribution in [1.29, 1.82) is 0 Å². The summed E-state index contributed by atoms with van der Waals surface area (Å²) in [6, 6.07) is 2.77. The average molecular weight is 263 g/mol. The van der Waals surface area contributed by atoms with Gasteiger partial charge in [-0.05, 0) is 38.2 Å². The van der Waals surface area contributed by atoms with E-state index in [9.17, 15) is 4.39 Å². The van der Waals surface area contributed by atoms with E-state index in [1.54, 1.807) is 12.3 Å². The molecule has 1 aliphatic heterocycles. The standard InChI is InChI=1S/C15H22FN3/c1-10-7-11(2)19(9-10)15-14(16)12(5-6-17-15)8-18-13-3-4-13/h5-6,10-11,13,18H,3-4,7-9H2,1-2H3. The van der Waals surface area contributed by atoms with Gasteiger partial charge in [-0.2, -0.15) is 0 Å². The molecule has 0 aromatic carbocycles. The molecule has 104 valence electrons. The van der Waals surface area contributed by atoms with E-state index in [4.69, 9.17) is 0 Å². The molecule has 2 fully saturated rings. The zero-order valence-electron chi connectivity index (χ0n) is 11.7. The number of hydrogen-bond donors (Lipinski definition) is 1. The second-order valence-corrected chi connectivity index (χ2v) is 6.11. The number of rotatable bonds is 4. The van der Waals surface area contributed by atoms with Crippen molar-refractivity contribution in [2.45, 2.75) is 51.7 Å². The molecule has 2 atom stereocenters. The highest BCUT2D eigenvalue weighted by Gasteiger charge is 2.29. The van der Waals surface area contributed by atoms with Crippen LogP contribution in [0.4, 0.5) is 10.2 Å². The third-order valence-corrected chi connectivity index (χ3v) is 4.17. The lowest BCUT2D eigenvalue weighted by Crippen LogP contribution is -2.29. The van der Waals surface area contributed by atoms with E-state index in [0.717, 1.165) is 18.5 Å². The zero-order valence-corrected chi connectivity index (χ0v) is 11.7. The molecule has 1 aromatic heterocycles. The Morgan fingerprint density at radius 2 is 2.21 bits per heavy atom. The molecule has 1 aliphatic carbocycles. The monoisotopic (exact) mass is 263 g/mol. The smallest absolute Gasteiger partial charge is 0.170 e. The third-order valence-electron chi connectivity index (χ3n) is 4.17. The van der Waals surface area contributed by atoms with Crippen LogP contribution in [0.25, 0.3) is 0 Å². The van der Waals surface area contributed by atoms with Crippen LogP contribution in [0, 0.1) is 11.7 Å². The Morgan fingerprint density at radius 3 is 2.84 bits per heavy atom. The summed E-state index contributed by atoms with van der Waals surface area (Å²) in [6.07, 6.45) is 5.30. The highest BCUT2D eigenvalue weighted by molar-refractivity contribution is 5.45. The average Bonchev–Trinajstić information content (AvgIpc) is 3.13. The Morgan fingerprint density at radius 1 is 1.42 bits per heavy atom. The van der Waals surface area contributed by atoms with Crippen LogP contribution in [0.3, 0.4) is 0 Å². The van der Waals surface area contributed by atoms with Crippen molar-refractivity contribution >= 4 is 5.82 Å². The van der Waals surface area contributed by atoms with Gasteiger partial charge in [0.05, 0.1) is 0 Å². The van der Waals surface area contributed by atoms with Gasteiger partial charge in [0.15, 0.2) is 11.6 Å². The van der Waals surface area contributed by atoms with Crippen molar-refractivity contribution in [2.24, 2.45) is 5.92 Å². The van der Waals surface area contributed by atoms with Crippen LogP contribution in [0.15, 0.2) is 12.3 Å². The summed E-state index contributed by atoms with van der Waals surface area (Å²) in [7, 11) is 0. The first kappa shape index (κ1) is 12.9. The van der Waals surface area contributed by atoms with E-state index < -0.39 is 0 Å². The molecule has 1 N–H and O–H groups in total. The van der Waals surface area contributed by atoms with E-state index >= 15 is 0 Å². The highest BCUT2D eigenvalue weighted by atomic mass is 19.1. The second kappa shape index (κ2) is 5.08. The summed E-state index contributed by atoms with van der Waals surface area (Å²) in [6.45, 7) is 5.89. The summed E-state index contributed by atoms with van der Waals surface area (Å²) in [5, 5.41) is 3.37. The lowest BCUT2D eigenvalue weighted by atomic mass is 10.1. The fourth-order valence-electron chi connectivity index (χ4n) is 2.94. The number of hydrogen-bond acceptors (Lipinski definition) is 3. The number of nitrogens with one attached hydrogen (secondary N) is 1. The highest BCUT2D eigenvalue weighted by Crippen LogP contribution is 2.30. The van der Waals surface area contributed by atoms with Gasteiger partial charge in [-0.15, -0.1) is 0 Å². The van der Waals surface area contributed by atoms with E-state index in [-0.39, 0.29) is 5.82 Å². The number of nitrogens with zero attached hydrogens (tertiary/aromatic N) is 2. The van der Waals surface area contributed by atoms with Crippen molar-refractivity contribution in [3.05, 3.63) is 23.6 Å². The summed E-state index contributed by atoms with van der Waals surface area (Å²) in [5.74, 6) is 1.01. The number of pyridine rings is 1. The van der Waals surface area contributed by atoms with Gasteiger partial charge in [0.1, 0.15) is 0 Å². The van der Waals surface area contributed by atoms with Crippen molar-refractivity contribution in [3.63, 3.8) is 0 Å². The summed E-state index contributed by atoms with van der Waals surface area (Å²) >= 11 is 0. The SMILES string of the molecule is CC1CC(C)N(c2nccc(CNC3CC3)c2F)C1. The van der Waals surface area contributed by atoms with E-state index in [1.807, 2.05) is 0 Å². The maximum atomic E-state index is 14.6. The predicted octanol–water partition coefficient (Wildman–Crippen LogP) is 2.71. The molecular weight excluding hydrogens is 241 g/mol. The zero-order chi connectivity index (χ0) is 13.4. The lowest BCUT2D eigenvalue weighted by Gasteiger charge is -2.23. The van der Waals surface area contributed by atoms with Crippen LogP contribution in [-0.2, 0) is 6.54 Å². The maximum absolute atomic E-state index is 14.6. The van der Waals surface area contributed by atoms with Crippen LogP contribution >= 0.6 is 0 Å². The van der Waals surface area contributed by atoms with Crippen LogP contribution < -0.4 is 10.2 Å². The Balaban J connectivity index is 1.78. The van der Waals surface area contributed by atoms with Crippen molar-refractivity contribution < 1.29 is 4.39 Å². The molecule has 2 unspecified atom stereocenters. The van der Waals surface area contributed by atoms with Crippen molar-refractivity contribution in [2.75, 3.05) is 11.4 Å². The lowest BCUT2D eigenvalue weighted by molar-refractivity contribution is 0.571. The summed E-state index contributed by atoms with van der Waals surface area (Å²) in [5.41, 5.74) is 0.739. The van der Waals surface area contributed by atoms with Crippen LogP contribution in [0.2, 0.25) is 0 Å². The molecule has 0 radical (unpaired) electrons. The molecule has 2 aliphatic rings. The number of aromatic nitrogens is 1. The van der Waals surface area contributed by atoms with Crippen LogP contribution in [0.1, 0.15) is 38.7 Å². The van der Waals surface area contributed by atoms with Crippen molar-refractivity contribution in [1.82, 2.24) is 10.3 Å². The largest absolute Gasteiger partial charge is 0.351 e. The molecule has 3 nitrogen and oxygen atoms in total. The molecule has 0 spiro atoms. The Bertz CT molecular complexity index is 459. The van der Waals surface area contributed by atoms with Gasteiger partial charge in [0.25, 0.3) is 0 Å². The first-order valence-electron chi connectivity index (χ1n) is 7.28. The predicted molar refractivity (Wildman–Crippen MR) is 74.6 cm³/mol. The fourth-order valence-corrected chi connectivity index (χ4v) is 2.94. The topological polar surface area (TPSA) is 28.2 Å². The molecule has 1 saturated heterocycles. The molecule has 3 rings (SSSR count). The molecule has 19 heavy (non-hydrogen) atoms. The van der Waals surface area contributed by atoms with Gasteiger partial charge in [-0.3, -0.25) is 0 Å². The molecule has 0 bridgehead atoms. The van der Waals surface area contributed by atoms with Crippen LogP contribution in [0.5, 0.6) is 0 Å². The van der Waals surface area contributed by atoms with Gasteiger partial charge < -0.3 is 10.2 Å². The van der Waals surface area contributed by atoms with E-state index in [2.05, 4.69) is 29.0 Å². The molecule has 4 heteroatoms. The molecule has 0 amide bonds. The summed E-state index contributed by atoms with van der Waals surface area (Å²) < 4.78 is 14.6. The number of anilines is 1. The maximum Gasteiger partial charge on any atom is 0.170 e. The normalized spacial score (nSPS) is 27.0. The van der Waals surface area contributed by atoms with Gasteiger partial charge in [0, 0.05) is 36.9 Å². The van der Waals surface area contributed by atoms with E-state index in [0.29, 0.717) is 30.4 Å². The summed E-state index contributed by atoms with van der Waals surface area (Å²) in [4.78, 5) is 6.38. The first-order chi connectivity index (χ1) is 9.15.